The summed E-state index contributed by atoms with van der Waals surface area (Å²) in [7, 11) is 0. The Kier molecular flexibility index (Phi) is 29.2. The van der Waals surface area contributed by atoms with Gasteiger partial charge >= 0.3 is 18.9 Å². The predicted molar refractivity (Wildman–Crippen MR) is 116 cm³/mol. The standard InChI is InChI=1S/C24H49O2.Li/c1-4-7-10-12-14-16-19-22-25-24(21-18-9-6-3)26-23-20-17-15-13-11-8-5-2;/h24H,3-23H2,1-2H3;/q-1;+1. The fraction of sp³-hybridized carbons (Fsp3) is 0.958. The van der Waals surface area contributed by atoms with Crippen LogP contribution >= 0.6 is 0 Å². The molecule has 0 aromatic heterocycles. The average molecular weight is 377 g/mol. The van der Waals surface area contributed by atoms with Crippen LogP contribution in [0.15, 0.2) is 0 Å². The van der Waals surface area contributed by atoms with E-state index < -0.39 is 0 Å². The zero-order chi connectivity index (χ0) is 19.1. The maximum atomic E-state index is 6.03. The molecule has 0 radical (unpaired) electrons. The summed E-state index contributed by atoms with van der Waals surface area (Å²) >= 11 is 0. The Morgan fingerprint density at radius 2 is 0.963 bits per heavy atom. The molecule has 0 fully saturated rings. The fourth-order valence-electron chi connectivity index (χ4n) is 3.25. The molecule has 0 rings (SSSR count). The van der Waals surface area contributed by atoms with E-state index in [2.05, 4.69) is 20.8 Å². The van der Waals surface area contributed by atoms with Crippen molar-refractivity contribution in [2.45, 2.75) is 136 Å². The van der Waals surface area contributed by atoms with Gasteiger partial charge in [0.05, 0.1) is 0 Å². The summed E-state index contributed by atoms with van der Waals surface area (Å²) in [5.41, 5.74) is 0. The molecule has 0 N–H and O–H groups in total. The molecule has 0 saturated heterocycles. The second kappa shape index (κ2) is 26.5. The first-order chi connectivity index (χ1) is 12.8. The summed E-state index contributed by atoms with van der Waals surface area (Å²) in [5.74, 6) is 0. The number of unbranched alkanes of at least 4 members (excludes halogenated alkanes) is 14. The summed E-state index contributed by atoms with van der Waals surface area (Å²) in [6.07, 6.45) is 23.1. The first kappa shape index (κ1) is 29.7. The zero-order valence-electron chi connectivity index (χ0n) is 19.2. The molecule has 0 amide bonds. The normalized spacial score (nSPS) is 11.1. The third kappa shape index (κ3) is 24.5. The SMILES string of the molecule is [CH2-]CCCCC(OCCCCCCCCC)OCCCCCCCCC.[Li+]. The fourth-order valence-corrected chi connectivity index (χ4v) is 3.25. The van der Waals surface area contributed by atoms with Crippen LogP contribution in [0.5, 0.6) is 0 Å². The first-order valence-electron chi connectivity index (χ1n) is 11.9. The molecule has 0 atom stereocenters. The van der Waals surface area contributed by atoms with Crippen LogP contribution in [0.25, 0.3) is 0 Å². The van der Waals surface area contributed by atoms with Crippen LogP contribution < -0.4 is 18.9 Å². The van der Waals surface area contributed by atoms with Gasteiger partial charge < -0.3 is 16.4 Å². The molecule has 0 aliphatic carbocycles. The molecule has 0 aliphatic heterocycles. The summed E-state index contributed by atoms with van der Waals surface area (Å²) in [4.78, 5) is 0. The maximum absolute atomic E-state index is 6.03. The van der Waals surface area contributed by atoms with Gasteiger partial charge in [0, 0.05) is 13.2 Å². The monoisotopic (exact) mass is 376 g/mol. The Balaban J connectivity index is 0. The van der Waals surface area contributed by atoms with E-state index in [1.54, 1.807) is 0 Å². The van der Waals surface area contributed by atoms with Crippen molar-refractivity contribution in [1.82, 2.24) is 0 Å². The molecule has 0 heterocycles. The number of hydrogen-bond acceptors (Lipinski definition) is 2. The smallest absolute Gasteiger partial charge is 0.353 e. The van der Waals surface area contributed by atoms with Crippen LogP contribution in [0.4, 0.5) is 0 Å². The van der Waals surface area contributed by atoms with Crippen LogP contribution in [0.1, 0.15) is 129 Å². The van der Waals surface area contributed by atoms with E-state index in [0.717, 1.165) is 26.1 Å². The molecule has 0 aromatic carbocycles. The third-order valence-electron chi connectivity index (χ3n) is 5.04. The Morgan fingerprint density at radius 3 is 1.37 bits per heavy atom. The van der Waals surface area contributed by atoms with E-state index >= 15 is 0 Å². The molecule has 0 saturated carbocycles. The number of hydrogen-bond donors (Lipinski definition) is 0. The minimum Gasteiger partial charge on any atom is -0.353 e. The Hall–Kier alpha value is 0.517. The van der Waals surface area contributed by atoms with Crippen molar-refractivity contribution < 1.29 is 28.3 Å². The molecule has 0 unspecified atom stereocenters. The molecule has 0 aliphatic rings. The van der Waals surface area contributed by atoms with Crippen LogP contribution in [0.2, 0.25) is 0 Å². The average Bonchev–Trinajstić information content (AvgIpc) is 2.65. The second-order valence-electron chi connectivity index (χ2n) is 7.76. The van der Waals surface area contributed by atoms with Crippen molar-refractivity contribution in [3.63, 3.8) is 0 Å². The Morgan fingerprint density at radius 1 is 0.556 bits per heavy atom. The van der Waals surface area contributed by atoms with Gasteiger partial charge in [-0.25, -0.2) is 0 Å². The first-order valence-corrected chi connectivity index (χ1v) is 11.9. The van der Waals surface area contributed by atoms with Crippen molar-refractivity contribution in [2.75, 3.05) is 13.2 Å². The minimum absolute atomic E-state index is 0. The third-order valence-corrected chi connectivity index (χ3v) is 5.04. The molecular weight excluding hydrogens is 327 g/mol. The van der Waals surface area contributed by atoms with E-state index in [1.807, 2.05) is 0 Å². The second-order valence-corrected chi connectivity index (χ2v) is 7.76. The van der Waals surface area contributed by atoms with Gasteiger partial charge in [-0.2, -0.15) is 6.42 Å². The summed E-state index contributed by atoms with van der Waals surface area (Å²) < 4.78 is 12.1. The van der Waals surface area contributed by atoms with Gasteiger partial charge in [0.1, 0.15) is 0 Å². The molecule has 0 bridgehead atoms. The summed E-state index contributed by atoms with van der Waals surface area (Å²) in [6, 6.07) is 0. The van der Waals surface area contributed by atoms with E-state index in [4.69, 9.17) is 9.47 Å². The predicted octanol–water partition coefficient (Wildman–Crippen LogP) is 5.25. The van der Waals surface area contributed by atoms with Crippen LogP contribution in [-0.4, -0.2) is 19.5 Å². The quantitative estimate of drug-likeness (QED) is 0.111. The van der Waals surface area contributed by atoms with Crippen LogP contribution in [0.3, 0.4) is 0 Å². The Bertz CT molecular complexity index is 229. The summed E-state index contributed by atoms with van der Waals surface area (Å²) in [5, 5.41) is 0. The van der Waals surface area contributed by atoms with Gasteiger partial charge in [-0.05, 0) is 19.3 Å². The van der Waals surface area contributed by atoms with Gasteiger partial charge in [-0.3, -0.25) is 0 Å². The molecule has 0 aromatic rings. The van der Waals surface area contributed by atoms with E-state index in [0.29, 0.717) is 0 Å². The van der Waals surface area contributed by atoms with Gasteiger partial charge in [0.2, 0.25) is 0 Å². The largest absolute Gasteiger partial charge is 1.00 e. The molecule has 2 nitrogen and oxygen atoms in total. The van der Waals surface area contributed by atoms with E-state index in [1.165, 1.54) is 103 Å². The van der Waals surface area contributed by atoms with E-state index in [9.17, 15) is 0 Å². The van der Waals surface area contributed by atoms with Gasteiger partial charge in [-0.15, -0.1) is 0 Å². The molecule has 27 heavy (non-hydrogen) atoms. The van der Waals surface area contributed by atoms with Crippen molar-refractivity contribution in [3.8, 4) is 0 Å². The van der Waals surface area contributed by atoms with Crippen LogP contribution in [-0.2, 0) is 9.47 Å². The van der Waals surface area contributed by atoms with E-state index in [-0.39, 0.29) is 25.2 Å². The maximum Gasteiger partial charge on any atom is 1.00 e. The van der Waals surface area contributed by atoms with Gasteiger partial charge in [0.15, 0.2) is 6.29 Å². The topological polar surface area (TPSA) is 18.5 Å². The minimum atomic E-state index is 0. The molecule has 3 heteroatoms. The van der Waals surface area contributed by atoms with Crippen molar-refractivity contribution >= 4 is 0 Å². The molecular formula is C24H49LiO2. The van der Waals surface area contributed by atoms with Crippen molar-refractivity contribution in [3.05, 3.63) is 6.92 Å². The van der Waals surface area contributed by atoms with Crippen molar-refractivity contribution in [1.29, 1.82) is 0 Å². The van der Waals surface area contributed by atoms with Crippen molar-refractivity contribution in [2.24, 2.45) is 0 Å². The number of rotatable bonds is 22. The zero-order valence-corrected chi connectivity index (χ0v) is 19.2. The number of ether oxygens (including phenoxy) is 2. The molecule has 158 valence electrons. The van der Waals surface area contributed by atoms with Gasteiger partial charge in [0.25, 0.3) is 0 Å². The molecule has 0 spiro atoms. The summed E-state index contributed by atoms with van der Waals surface area (Å²) in [6.45, 7) is 10.2. The van der Waals surface area contributed by atoms with Gasteiger partial charge in [-0.1, -0.05) is 104 Å². The Labute approximate surface area is 184 Å². The van der Waals surface area contributed by atoms with Crippen LogP contribution in [0, 0.1) is 6.92 Å².